The number of fused-ring (bicyclic) bond motifs is 8. The molecule has 0 aromatic heterocycles. The number of benzene rings is 7. The second-order valence-corrected chi connectivity index (χ2v) is 21.9. The molecule has 0 spiro atoms. The fraction of sp³-hybridized carbons (Fsp3) is 0.197. The van der Waals surface area contributed by atoms with Crippen LogP contribution in [-0.2, 0) is 42.6 Å². The molecule has 7 aromatic rings. The van der Waals surface area contributed by atoms with E-state index in [1.165, 1.54) is 0 Å². The number of hydrogen-bond donors (Lipinski definition) is 22. The number of carbonyl (C=O) groups excluding carboxylic acids is 7. The van der Waals surface area contributed by atoms with Gasteiger partial charge in [-0.2, -0.15) is 0 Å². The van der Waals surface area contributed by atoms with E-state index in [1.807, 2.05) is 0 Å². The molecule has 530 valence electrons. The number of esters is 7. The lowest BCUT2D eigenvalue weighted by molar-refractivity contribution is -0.285. The molecule has 11 rings (SSSR count). The van der Waals surface area contributed by atoms with Gasteiger partial charge in [0.2, 0.25) is 52.6 Å². The number of hydrogen-bond acceptors (Lipinski definition) is 40. The third-order valence-corrected chi connectivity index (χ3v) is 15.6. The van der Waals surface area contributed by atoms with Crippen LogP contribution in [0.15, 0.2) is 60.7 Å². The fourth-order valence-corrected chi connectivity index (χ4v) is 10.6. The van der Waals surface area contributed by atoms with Crippen molar-refractivity contribution in [3.63, 3.8) is 0 Å². The molecule has 40 heteroatoms. The van der Waals surface area contributed by atoms with Gasteiger partial charge in [0, 0.05) is 23.3 Å². The molecule has 4 aliphatic heterocycles. The van der Waals surface area contributed by atoms with Gasteiger partial charge in [0.25, 0.3) is 0 Å². The Kier molecular flexibility index (Phi) is 17.6. The van der Waals surface area contributed by atoms with Crippen LogP contribution in [0.1, 0.15) is 72.5 Å². The lowest BCUT2D eigenvalue weighted by Crippen LogP contribution is -2.63. The van der Waals surface area contributed by atoms with Crippen LogP contribution in [0.5, 0.6) is 132 Å². The Bertz CT molecular complexity index is 4650. The van der Waals surface area contributed by atoms with Crippen LogP contribution in [0.4, 0.5) is 0 Å². The zero-order chi connectivity index (χ0) is 73.6. The molecular weight excluding hydrogens is 1370 g/mol. The summed E-state index contributed by atoms with van der Waals surface area (Å²) >= 11 is 0. The lowest BCUT2D eigenvalue weighted by atomic mass is 9.92. The molecule has 2 bridgehead atoms. The molecule has 7 aromatic carbocycles. The highest BCUT2D eigenvalue weighted by atomic mass is 16.8. The maximum atomic E-state index is 15.3. The van der Waals surface area contributed by atoms with E-state index in [9.17, 15) is 141 Å². The number of phenols is 19. The molecule has 40 nitrogen and oxygen atoms in total. The van der Waals surface area contributed by atoms with Crippen molar-refractivity contribution in [2.24, 2.45) is 0 Å². The number of carbonyl (C=O) groups is 7. The third kappa shape index (κ3) is 12.1. The van der Waals surface area contributed by atoms with E-state index in [4.69, 9.17) is 52.1 Å². The maximum absolute atomic E-state index is 15.3. The summed E-state index contributed by atoms with van der Waals surface area (Å²) in [6.07, 6.45) is -24.9. The van der Waals surface area contributed by atoms with Gasteiger partial charge in [0.05, 0.1) is 34.4 Å². The lowest BCUT2D eigenvalue weighted by Gasteiger charge is -2.44. The molecule has 0 amide bonds. The first-order valence-electron chi connectivity index (χ1n) is 28.2. The van der Waals surface area contributed by atoms with E-state index < -0.39 is 299 Å². The highest BCUT2D eigenvalue weighted by Gasteiger charge is 2.56. The first kappa shape index (κ1) is 68.8. The van der Waals surface area contributed by atoms with Crippen molar-refractivity contribution in [3.05, 3.63) is 99.6 Å². The first-order valence-corrected chi connectivity index (χ1v) is 28.2. The van der Waals surface area contributed by atoms with Gasteiger partial charge in [0.15, 0.2) is 123 Å². The Labute approximate surface area is 556 Å². The quantitative estimate of drug-likeness (QED) is 0.0548. The number of aliphatic hydroxyl groups is 3. The van der Waals surface area contributed by atoms with Crippen LogP contribution in [0.2, 0.25) is 0 Å². The van der Waals surface area contributed by atoms with E-state index in [-0.39, 0.29) is 12.1 Å². The van der Waals surface area contributed by atoms with Crippen molar-refractivity contribution in [3.8, 4) is 143 Å². The van der Waals surface area contributed by atoms with Crippen LogP contribution in [0.25, 0.3) is 11.1 Å². The minimum atomic E-state index is -2.84. The second kappa shape index (κ2) is 25.8. The first-order chi connectivity index (χ1) is 47.6. The zero-order valence-electron chi connectivity index (χ0n) is 49.6. The van der Waals surface area contributed by atoms with E-state index in [1.54, 1.807) is 0 Å². The van der Waals surface area contributed by atoms with E-state index in [0.717, 1.165) is 0 Å². The summed E-state index contributed by atoms with van der Waals surface area (Å²) in [7, 11) is 0. The predicted octanol–water partition coefficient (Wildman–Crippen LogP) is 1.21. The van der Waals surface area contributed by atoms with Crippen molar-refractivity contribution < 1.29 is 198 Å². The smallest absolute Gasteiger partial charge is 0.342 e. The number of ether oxygens (including phenoxy) is 11. The topological polar surface area (TPSA) is 666 Å². The minimum Gasteiger partial charge on any atom is -0.504 e. The molecule has 4 heterocycles. The number of aliphatic hydroxyl groups excluding tert-OH is 3. The Morgan fingerprint density at radius 2 is 0.921 bits per heavy atom. The number of aromatic hydroxyl groups is 19. The van der Waals surface area contributed by atoms with Crippen molar-refractivity contribution in [2.45, 2.75) is 61.4 Å². The molecular formula is C61H46O40. The van der Waals surface area contributed by atoms with Crippen molar-refractivity contribution in [1.29, 1.82) is 0 Å². The number of rotatable bonds is 9. The molecule has 101 heavy (non-hydrogen) atoms. The maximum Gasteiger partial charge on any atom is 0.342 e. The van der Waals surface area contributed by atoms with Crippen LogP contribution in [-0.4, -0.2) is 229 Å². The molecule has 1 unspecified atom stereocenters. The Morgan fingerprint density at radius 1 is 0.436 bits per heavy atom. The molecule has 4 aliphatic rings. The Morgan fingerprint density at radius 3 is 1.49 bits per heavy atom. The summed E-state index contributed by atoms with van der Waals surface area (Å²) < 4.78 is 61.3. The summed E-state index contributed by atoms with van der Waals surface area (Å²) in [5.41, 5.74) is -10.1. The summed E-state index contributed by atoms with van der Waals surface area (Å²) in [5, 5.41) is 237. The van der Waals surface area contributed by atoms with Gasteiger partial charge >= 0.3 is 41.8 Å². The van der Waals surface area contributed by atoms with Crippen molar-refractivity contribution in [2.75, 3.05) is 13.2 Å². The average Bonchev–Trinajstić information content (AvgIpc) is 1.68. The van der Waals surface area contributed by atoms with Crippen LogP contribution < -0.4 is 9.47 Å². The molecule has 2 saturated heterocycles. The van der Waals surface area contributed by atoms with Crippen molar-refractivity contribution in [1.82, 2.24) is 0 Å². The summed E-state index contributed by atoms with van der Waals surface area (Å²) in [6.45, 7) is -2.55. The van der Waals surface area contributed by atoms with Crippen LogP contribution in [0.3, 0.4) is 0 Å². The van der Waals surface area contributed by atoms with Gasteiger partial charge in [0.1, 0.15) is 36.0 Å². The molecule has 0 aliphatic carbocycles. The molecule has 10 atom stereocenters. The van der Waals surface area contributed by atoms with Gasteiger partial charge < -0.3 is 164 Å². The monoisotopic (exact) mass is 1420 g/mol. The van der Waals surface area contributed by atoms with E-state index in [2.05, 4.69) is 0 Å². The van der Waals surface area contributed by atoms with Crippen molar-refractivity contribution >= 4 is 41.8 Å². The molecule has 0 saturated carbocycles. The zero-order valence-corrected chi connectivity index (χ0v) is 49.6. The van der Waals surface area contributed by atoms with Crippen LogP contribution in [0, 0.1) is 0 Å². The largest absolute Gasteiger partial charge is 0.504 e. The normalized spacial score (nSPS) is 21.7. The van der Waals surface area contributed by atoms with Gasteiger partial charge in [-0.25, -0.2) is 33.6 Å². The summed E-state index contributed by atoms with van der Waals surface area (Å²) in [5.74, 6) is -44.9. The van der Waals surface area contributed by atoms with Crippen LogP contribution >= 0.6 is 0 Å². The summed E-state index contributed by atoms with van der Waals surface area (Å²) in [6, 6.07) is 4.22. The SMILES string of the molecule is O=C1O[C@@H]2O[C@@H]3COC(=O)c4cc(O)c(O)c(O)c4-c4c(cc(O)c(O)c4O)C(=O)O[C@H]3[C@H](OC(=O)c3cc(O)c(O)c(O)c3)[C@H]2OC(=O)c2cc(Oc3c(C(=O)O[C@H]4C(O)O[C@H](CO)[C@@H](O)[C@@H]4OC(=O)c4cc(O)c(O)c(O)c4)cc(O)c(O)c3O)c(O)c(O)c2Oc2cc1cc(O)c2O. The number of phenolic OH excluding ortho intramolecular Hbond substituents is 19. The molecule has 22 N–H and O–H groups in total. The molecule has 2 fully saturated rings. The Hall–Kier alpha value is -13.6. The van der Waals surface area contributed by atoms with E-state index in [0.29, 0.717) is 48.5 Å². The average molecular weight is 1420 g/mol. The fourth-order valence-electron chi connectivity index (χ4n) is 10.6. The number of cyclic esters (lactones) is 1. The Balaban J connectivity index is 1.05. The van der Waals surface area contributed by atoms with E-state index >= 15 is 4.79 Å². The van der Waals surface area contributed by atoms with Gasteiger partial charge in [-0.3, -0.25) is 0 Å². The molecule has 0 radical (unpaired) electrons. The third-order valence-electron chi connectivity index (χ3n) is 15.6. The predicted molar refractivity (Wildman–Crippen MR) is 310 cm³/mol. The minimum absolute atomic E-state index is 0.240. The van der Waals surface area contributed by atoms with Gasteiger partial charge in [-0.05, 0) is 48.5 Å². The second-order valence-electron chi connectivity index (χ2n) is 21.9. The van der Waals surface area contributed by atoms with Gasteiger partial charge in [-0.1, -0.05) is 0 Å². The van der Waals surface area contributed by atoms with Gasteiger partial charge in [-0.15, -0.1) is 0 Å². The summed E-state index contributed by atoms with van der Waals surface area (Å²) in [4.78, 5) is 101. The highest BCUT2D eigenvalue weighted by molar-refractivity contribution is 6.09. The standard InChI is InChI=1S/C61H46O40/c62-11-30-41(78)49(97-53(83)13-1-20(63)34(71)21(64)2-13)51(60(90)94-30)99-58(88)18-9-27(70)39(76)44(81)46(18)93-29-10-19-47(45(82)40(29)77)92-28-6-15(5-24(67)36(28)73)55(85)101-61-52(100-59(19)89)50(98-54(84)14-3-22(65)35(72)23(66)4-14)48-31(95-61)12-91-56(86)16-7-25(68)37(74)42(79)32(16)33-17(57(87)96-48)8-26(69)38(75)43(33)80/h1-10,30-31,41,48-52,60-82,90H,11-12H2/t30-,31-,41-,48-,49+,50+,51-,52-,60?,61+/m1/s1. The highest BCUT2D eigenvalue weighted by Crippen LogP contribution is 2.56.